The number of amides is 3. The number of allylic oxidation sites excluding steroid dienone is 2. The van der Waals surface area contributed by atoms with Gasteiger partial charge in [0.2, 0.25) is 11.8 Å². The molecule has 7 nitrogen and oxygen atoms in total. The second kappa shape index (κ2) is 7.19. The number of nitrogens with one attached hydrogen (secondary N) is 3. The maximum Gasteiger partial charge on any atom is 0.255 e. The van der Waals surface area contributed by atoms with E-state index in [1.165, 1.54) is 6.08 Å². The summed E-state index contributed by atoms with van der Waals surface area (Å²) < 4.78 is 0. The van der Waals surface area contributed by atoms with Gasteiger partial charge >= 0.3 is 0 Å². The topological polar surface area (TPSA) is 90.5 Å². The molecule has 142 valence electrons. The molecule has 3 amide bonds. The molecule has 1 aromatic carbocycles. The predicted octanol–water partition coefficient (Wildman–Crippen LogP) is 2.26. The number of carbonyl (C=O) groups excluding carboxylic acids is 3. The highest BCUT2D eigenvalue weighted by molar-refractivity contribution is 6.09. The monoisotopic (exact) mass is 376 g/mol. The molecule has 2 heterocycles. The molecule has 1 aromatic rings. The first kappa shape index (κ1) is 17.8. The van der Waals surface area contributed by atoms with Crippen LogP contribution in [0.4, 0.5) is 11.4 Å². The summed E-state index contributed by atoms with van der Waals surface area (Å²) in [7, 11) is 0. The molecular formula is C21H20N4O3. The van der Waals surface area contributed by atoms with E-state index in [1.54, 1.807) is 30.5 Å². The largest absolute Gasteiger partial charge is 0.337 e. The van der Waals surface area contributed by atoms with Crippen LogP contribution in [0.15, 0.2) is 72.7 Å². The van der Waals surface area contributed by atoms with Gasteiger partial charge in [0, 0.05) is 29.6 Å². The number of fused-ring (bicyclic) bond motifs is 3. The van der Waals surface area contributed by atoms with Crippen molar-refractivity contribution < 1.29 is 14.4 Å². The minimum Gasteiger partial charge on any atom is -0.337 e. The van der Waals surface area contributed by atoms with Crippen LogP contribution in [0.1, 0.15) is 12.8 Å². The fourth-order valence-electron chi connectivity index (χ4n) is 3.75. The van der Waals surface area contributed by atoms with E-state index < -0.39 is 0 Å². The van der Waals surface area contributed by atoms with Gasteiger partial charge in [-0.15, -0.1) is 0 Å². The smallest absolute Gasteiger partial charge is 0.255 e. The number of hydrogen-bond acceptors (Lipinski definition) is 4. The number of nitrogens with zero attached hydrogens (tertiary/aromatic N) is 1. The van der Waals surface area contributed by atoms with E-state index in [2.05, 4.69) is 22.5 Å². The van der Waals surface area contributed by atoms with E-state index in [9.17, 15) is 14.4 Å². The molecule has 2 unspecified atom stereocenters. The fourth-order valence-corrected chi connectivity index (χ4v) is 3.75. The van der Waals surface area contributed by atoms with Gasteiger partial charge in [-0.2, -0.15) is 0 Å². The van der Waals surface area contributed by atoms with E-state index in [1.807, 2.05) is 23.3 Å². The third-order valence-electron chi connectivity index (χ3n) is 5.13. The molecule has 1 fully saturated rings. The quantitative estimate of drug-likeness (QED) is 0.703. The van der Waals surface area contributed by atoms with Crippen LogP contribution in [-0.2, 0) is 14.4 Å². The second-order valence-corrected chi connectivity index (χ2v) is 6.84. The van der Waals surface area contributed by atoms with Crippen LogP contribution >= 0.6 is 0 Å². The van der Waals surface area contributed by atoms with Crippen molar-refractivity contribution in [3.8, 4) is 0 Å². The van der Waals surface area contributed by atoms with Crippen LogP contribution in [0.3, 0.4) is 0 Å². The lowest BCUT2D eigenvalue weighted by molar-refractivity contribution is -0.124. The molecule has 2 atom stereocenters. The first-order valence-corrected chi connectivity index (χ1v) is 9.08. The molecule has 0 spiro atoms. The Morgan fingerprint density at radius 3 is 2.71 bits per heavy atom. The number of carbonyl (C=O) groups is 3. The van der Waals surface area contributed by atoms with Crippen LogP contribution < -0.4 is 16.0 Å². The molecule has 3 aliphatic rings. The Morgan fingerprint density at radius 1 is 1.21 bits per heavy atom. The summed E-state index contributed by atoms with van der Waals surface area (Å²) in [4.78, 5) is 38.4. The molecule has 1 aliphatic carbocycles. The zero-order valence-electron chi connectivity index (χ0n) is 15.1. The highest BCUT2D eigenvalue weighted by atomic mass is 16.2. The van der Waals surface area contributed by atoms with E-state index in [-0.39, 0.29) is 29.7 Å². The minimum atomic E-state index is -0.351. The normalized spacial score (nSPS) is 22.3. The van der Waals surface area contributed by atoms with Gasteiger partial charge in [-0.05, 0) is 37.1 Å². The van der Waals surface area contributed by atoms with Gasteiger partial charge in [0.15, 0.2) is 0 Å². The molecule has 0 bridgehead atoms. The van der Waals surface area contributed by atoms with E-state index in [0.29, 0.717) is 23.4 Å². The highest BCUT2D eigenvalue weighted by Crippen LogP contribution is 2.40. The molecule has 0 saturated carbocycles. The molecule has 1 saturated heterocycles. The van der Waals surface area contributed by atoms with Crippen LogP contribution in [0, 0.1) is 5.92 Å². The molecule has 0 radical (unpaired) electrons. The molecule has 28 heavy (non-hydrogen) atoms. The maximum absolute atomic E-state index is 12.8. The number of para-hydroxylation sites is 2. The standard InChI is InChI=1S/C21H20N4O3/c1-2-19(26)23-15-5-3-4-6-16(15)24-20(27)14-8-7-13-11-18-21(28)22-9-10-25(18)17(13)12-14/h2-6,8-10,12-13,18H,1,7,11H2,(H,22,28)(H,23,26)(H,24,27). The lowest BCUT2D eigenvalue weighted by Crippen LogP contribution is -2.42. The Balaban J connectivity index is 1.53. The fraction of sp³-hybridized carbons (Fsp3) is 0.190. The van der Waals surface area contributed by atoms with Gasteiger partial charge in [-0.1, -0.05) is 24.8 Å². The Morgan fingerprint density at radius 2 is 1.96 bits per heavy atom. The molecule has 0 aromatic heterocycles. The number of hydrogen-bond donors (Lipinski definition) is 3. The second-order valence-electron chi connectivity index (χ2n) is 6.84. The summed E-state index contributed by atoms with van der Waals surface area (Å²) in [6, 6.07) is 6.76. The first-order valence-electron chi connectivity index (χ1n) is 9.08. The highest BCUT2D eigenvalue weighted by Gasteiger charge is 2.41. The van der Waals surface area contributed by atoms with E-state index in [4.69, 9.17) is 0 Å². The van der Waals surface area contributed by atoms with Crippen molar-refractivity contribution in [2.45, 2.75) is 18.9 Å². The SMILES string of the molecule is C=CC(=O)Nc1ccccc1NC(=O)C1=CCC2CC3C(=O)NC=CN3C2=C1. The Kier molecular flexibility index (Phi) is 4.57. The summed E-state index contributed by atoms with van der Waals surface area (Å²) in [5.41, 5.74) is 2.53. The first-order chi connectivity index (χ1) is 13.6. The third-order valence-corrected chi connectivity index (χ3v) is 5.13. The van der Waals surface area contributed by atoms with Crippen LogP contribution in [-0.4, -0.2) is 28.7 Å². The van der Waals surface area contributed by atoms with Crippen molar-refractivity contribution in [1.29, 1.82) is 0 Å². The molecule has 2 aliphatic heterocycles. The maximum atomic E-state index is 12.8. The average molecular weight is 376 g/mol. The van der Waals surface area contributed by atoms with Crippen LogP contribution in [0.5, 0.6) is 0 Å². The minimum absolute atomic E-state index is 0.0179. The Labute approximate surface area is 162 Å². The zero-order chi connectivity index (χ0) is 19.7. The lowest BCUT2D eigenvalue weighted by Gasteiger charge is -2.27. The molecule has 7 heteroatoms. The van der Waals surface area contributed by atoms with Gasteiger partial charge in [0.25, 0.3) is 5.91 Å². The number of anilines is 2. The Hall–Kier alpha value is -3.61. The van der Waals surface area contributed by atoms with E-state index in [0.717, 1.165) is 12.1 Å². The molecule has 4 rings (SSSR count). The predicted molar refractivity (Wildman–Crippen MR) is 106 cm³/mol. The zero-order valence-corrected chi connectivity index (χ0v) is 15.1. The molecular weight excluding hydrogens is 356 g/mol. The van der Waals surface area contributed by atoms with Crippen molar-refractivity contribution in [1.82, 2.24) is 10.2 Å². The Bertz CT molecular complexity index is 960. The van der Waals surface area contributed by atoms with Crippen molar-refractivity contribution in [2.75, 3.05) is 10.6 Å². The average Bonchev–Trinajstić information content (AvgIpc) is 3.08. The lowest BCUT2D eigenvalue weighted by atomic mass is 9.92. The van der Waals surface area contributed by atoms with Crippen molar-refractivity contribution >= 4 is 29.1 Å². The van der Waals surface area contributed by atoms with Gasteiger partial charge in [0.1, 0.15) is 6.04 Å². The van der Waals surface area contributed by atoms with Gasteiger partial charge in [-0.25, -0.2) is 0 Å². The van der Waals surface area contributed by atoms with Crippen LogP contribution in [0.25, 0.3) is 0 Å². The number of rotatable bonds is 4. The summed E-state index contributed by atoms with van der Waals surface area (Å²) in [5, 5.41) is 8.26. The summed E-state index contributed by atoms with van der Waals surface area (Å²) in [6.45, 7) is 3.44. The van der Waals surface area contributed by atoms with Gasteiger partial charge in [0.05, 0.1) is 11.4 Å². The van der Waals surface area contributed by atoms with Gasteiger partial charge < -0.3 is 20.9 Å². The van der Waals surface area contributed by atoms with Gasteiger partial charge in [-0.3, -0.25) is 14.4 Å². The van der Waals surface area contributed by atoms with Crippen molar-refractivity contribution in [3.63, 3.8) is 0 Å². The van der Waals surface area contributed by atoms with E-state index >= 15 is 0 Å². The van der Waals surface area contributed by atoms with Crippen LogP contribution in [0.2, 0.25) is 0 Å². The summed E-state index contributed by atoms with van der Waals surface area (Å²) in [5.74, 6) is -0.402. The van der Waals surface area contributed by atoms with Crippen molar-refractivity contribution in [2.24, 2.45) is 5.92 Å². The third kappa shape index (κ3) is 3.22. The summed E-state index contributed by atoms with van der Waals surface area (Å²) in [6.07, 6.45) is 9.83. The summed E-state index contributed by atoms with van der Waals surface area (Å²) >= 11 is 0. The number of benzene rings is 1. The van der Waals surface area contributed by atoms with Crippen molar-refractivity contribution in [3.05, 3.63) is 72.7 Å². The molecule has 3 N–H and O–H groups in total.